The highest BCUT2D eigenvalue weighted by Crippen LogP contribution is 2.25. The molecule has 0 radical (unpaired) electrons. The molecule has 1 saturated heterocycles. The molecule has 3 nitrogen and oxygen atoms in total. The standard InChI is InChI=1S/C8H10N2OS3/c11-7(6-5-12-3-4-13-6)10-8-9-1-2-14-8/h1-2,6H,3-5H2,(H,9,10,11). The van der Waals surface area contributed by atoms with Crippen LogP contribution in [0.25, 0.3) is 0 Å². The molecule has 14 heavy (non-hydrogen) atoms. The van der Waals surface area contributed by atoms with Gasteiger partial charge in [0.2, 0.25) is 5.91 Å². The lowest BCUT2D eigenvalue weighted by molar-refractivity contribution is -0.115. The lowest BCUT2D eigenvalue weighted by atomic mass is 10.4. The van der Waals surface area contributed by atoms with Crippen molar-refractivity contribution in [3.05, 3.63) is 11.6 Å². The van der Waals surface area contributed by atoms with Gasteiger partial charge in [-0.05, 0) is 0 Å². The Morgan fingerprint density at radius 2 is 2.50 bits per heavy atom. The molecule has 1 unspecified atom stereocenters. The number of nitrogens with one attached hydrogen (secondary N) is 1. The fourth-order valence-electron chi connectivity index (χ4n) is 1.11. The van der Waals surface area contributed by atoms with Crippen LogP contribution in [-0.2, 0) is 4.79 Å². The second-order valence-electron chi connectivity index (χ2n) is 2.76. The molecule has 1 N–H and O–H groups in total. The number of aromatic nitrogens is 1. The Morgan fingerprint density at radius 3 is 3.14 bits per heavy atom. The molecule has 1 fully saturated rings. The molecule has 0 aliphatic carbocycles. The van der Waals surface area contributed by atoms with Gasteiger partial charge in [-0.2, -0.15) is 11.8 Å². The monoisotopic (exact) mass is 246 g/mol. The van der Waals surface area contributed by atoms with E-state index >= 15 is 0 Å². The van der Waals surface area contributed by atoms with Gasteiger partial charge < -0.3 is 5.32 Å². The number of thiazole rings is 1. The van der Waals surface area contributed by atoms with Crippen LogP contribution in [0, 0.1) is 0 Å². The van der Waals surface area contributed by atoms with Gasteiger partial charge in [-0.1, -0.05) is 0 Å². The highest BCUT2D eigenvalue weighted by Gasteiger charge is 2.22. The lowest BCUT2D eigenvalue weighted by Gasteiger charge is -2.19. The van der Waals surface area contributed by atoms with E-state index in [-0.39, 0.29) is 11.2 Å². The summed E-state index contributed by atoms with van der Waals surface area (Å²) in [7, 11) is 0. The third kappa shape index (κ3) is 2.65. The first-order valence-corrected chi connectivity index (χ1v) is 7.34. The van der Waals surface area contributed by atoms with Crippen molar-refractivity contribution >= 4 is 45.9 Å². The van der Waals surface area contributed by atoms with Crippen LogP contribution in [0.2, 0.25) is 0 Å². The second-order valence-corrected chi connectivity index (χ2v) is 6.12. The van der Waals surface area contributed by atoms with Crippen molar-refractivity contribution in [3.8, 4) is 0 Å². The Bertz CT molecular complexity index is 296. The van der Waals surface area contributed by atoms with Gasteiger partial charge in [0.1, 0.15) is 0 Å². The Balaban J connectivity index is 1.88. The van der Waals surface area contributed by atoms with Crippen molar-refractivity contribution in [1.82, 2.24) is 4.98 Å². The molecule has 1 aliphatic heterocycles. The number of hydrogen-bond acceptors (Lipinski definition) is 5. The van der Waals surface area contributed by atoms with Crippen molar-refractivity contribution in [2.75, 3.05) is 22.6 Å². The van der Waals surface area contributed by atoms with E-state index in [0.717, 1.165) is 17.3 Å². The topological polar surface area (TPSA) is 42.0 Å². The van der Waals surface area contributed by atoms with E-state index in [4.69, 9.17) is 0 Å². The van der Waals surface area contributed by atoms with Gasteiger partial charge >= 0.3 is 0 Å². The van der Waals surface area contributed by atoms with E-state index in [1.807, 2.05) is 17.1 Å². The Labute approximate surface area is 95.1 Å². The highest BCUT2D eigenvalue weighted by atomic mass is 32.2. The number of thioether (sulfide) groups is 2. The molecule has 6 heteroatoms. The van der Waals surface area contributed by atoms with Gasteiger partial charge in [0.15, 0.2) is 5.13 Å². The number of carbonyl (C=O) groups excluding carboxylic acids is 1. The smallest absolute Gasteiger partial charge is 0.240 e. The van der Waals surface area contributed by atoms with E-state index in [1.165, 1.54) is 11.3 Å². The third-order valence-electron chi connectivity index (χ3n) is 1.77. The van der Waals surface area contributed by atoms with E-state index < -0.39 is 0 Å². The normalized spacial score (nSPS) is 21.9. The van der Waals surface area contributed by atoms with Crippen LogP contribution in [0.5, 0.6) is 0 Å². The van der Waals surface area contributed by atoms with Gasteiger partial charge in [-0.25, -0.2) is 4.98 Å². The minimum atomic E-state index is 0.0946. The maximum absolute atomic E-state index is 11.7. The third-order valence-corrected chi connectivity index (χ3v) is 5.21. The number of amides is 1. The summed E-state index contributed by atoms with van der Waals surface area (Å²) in [6, 6.07) is 0. The van der Waals surface area contributed by atoms with E-state index in [9.17, 15) is 4.79 Å². The van der Waals surface area contributed by atoms with Crippen LogP contribution in [0.4, 0.5) is 5.13 Å². The second kappa shape index (κ2) is 5.04. The molecule has 1 amide bonds. The Kier molecular flexibility index (Phi) is 3.72. The minimum Gasteiger partial charge on any atom is -0.301 e. The maximum Gasteiger partial charge on any atom is 0.240 e. The van der Waals surface area contributed by atoms with E-state index in [0.29, 0.717) is 5.13 Å². The SMILES string of the molecule is O=C(Nc1nccs1)C1CSCCS1. The van der Waals surface area contributed by atoms with Crippen LogP contribution < -0.4 is 5.32 Å². The van der Waals surface area contributed by atoms with Crippen molar-refractivity contribution in [3.63, 3.8) is 0 Å². The molecule has 1 atom stereocenters. The van der Waals surface area contributed by atoms with Gasteiger partial charge in [-0.3, -0.25) is 4.79 Å². The summed E-state index contributed by atoms with van der Waals surface area (Å²) in [5, 5.41) is 5.48. The molecule has 0 bridgehead atoms. The summed E-state index contributed by atoms with van der Waals surface area (Å²) in [5.74, 6) is 3.24. The largest absolute Gasteiger partial charge is 0.301 e. The molecular weight excluding hydrogens is 236 g/mol. The number of anilines is 1. The molecule has 0 aromatic carbocycles. The Hall–Kier alpha value is -0.200. The molecular formula is C8H10N2OS3. The molecule has 0 spiro atoms. The number of carbonyl (C=O) groups is 1. The first-order valence-electron chi connectivity index (χ1n) is 4.26. The first kappa shape index (κ1) is 10.3. The lowest BCUT2D eigenvalue weighted by Crippen LogP contribution is -2.29. The molecule has 76 valence electrons. The minimum absolute atomic E-state index is 0.0946. The summed E-state index contributed by atoms with van der Waals surface area (Å²) in [6.07, 6.45) is 1.70. The molecule has 1 aromatic heterocycles. The predicted octanol–water partition coefficient (Wildman–Crippen LogP) is 1.93. The zero-order valence-electron chi connectivity index (χ0n) is 7.43. The van der Waals surface area contributed by atoms with Crippen molar-refractivity contribution < 1.29 is 4.79 Å². The van der Waals surface area contributed by atoms with E-state index in [2.05, 4.69) is 10.3 Å². The molecule has 2 heterocycles. The first-order chi connectivity index (χ1) is 6.86. The molecule has 0 saturated carbocycles. The molecule has 1 aliphatic rings. The zero-order chi connectivity index (χ0) is 9.80. The number of nitrogens with zero attached hydrogens (tertiary/aromatic N) is 1. The Morgan fingerprint density at radius 1 is 1.57 bits per heavy atom. The van der Waals surface area contributed by atoms with Crippen molar-refractivity contribution in [2.45, 2.75) is 5.25 Å². The van der Waals surface area contributed by atoms with Crippen LogP contribution in [0.15, 0.2) is 11.6 Å². The fraction of sp³-hybridized carbons (Fsp3) is 0.500. The van der Waals surface area contributed by atoms with E-state index in [1.54, 1.807) is 18.0 Å². The average molecular weight is 246 g/mol. The summed E-state index contributed by atoms with van der Waals surface area (Å²) < 4.78 is 0. The number of rotatable bonds is 2. The van der Waals surface area contributed by atoms with Crippen LogP contribution >= 0.6 is 34.9 Å². The summed E-state index contributed by atoms with van der Waals surface area (Å²) >= 11 is 5.04. The zero-order valence-corrected chi connectivity index (χ0v) is 9.88. The average Bonchev–Trinajstić information content (AvgIpc) is 2.72. The highest BCUT2D eigenvalue weighted by molar-refractivity contribution is 8.07. The fourth-order valence-corrected chi connectivity index (χ4v) is 4.20. The van der Waals surface area contributed by atoms with Crippen molar-refractivity contribution in [2.24, 2.45) is 0 Å². The maximum atomic E-state index is 11.7. The van der Waals surface area contributed by atoms with Crippen LogP contribution in [-0.4, -0.2) is 33.4 Å². The van der Waals surface area contributed by atoms with Crippen molar-refractivity contribution in [1.29, 1.82) is 0 Å². The van der Waals surface area contributed by atoms with Crippen LogP contribution in [0.1, 0.15) is 0 Å². The van der Waals surface area contributed by atoms with Gasteiger partial charge in [-0.15, -0.1) is 23.1 Å². The summed E-state index contributed by atoms with van der Waals surface area (Å²) in [6.45, 7) is 0. The number of hydrogen-bond donors (Lipinski definition) is 1. The molecule has 1 aromatic rings. The van der Waals surface area contributed by atoms with Gasteiger partial charge in [0.05, 0.1) is 5.25 Å². The summed E-state index contributed by atoms with van der Waals surface area (Å²) in [5.41, 5.74) is 0. The predicted molar refractivity (Wildman–Crippen MR) is 64.3 cm³/mol. The van der Waals surface area contributed by atoms with Gasteiger partial charge in [0, 0.05) is 28.8 Å². The summed E-state index contributed by atoms with van der Waals surface area (Å²) in [4.78, 5) is 15.7. The van der Waals surface area contributed by atoms with Gasteiger partial charge in [0.25, 0.3) is 0 Å². The quantitative estimate of drug-likeness (QED) is 0.866. The molecule has 2 rings (SSSR count). The van der Waals surface area contributed by atoms with Crippen LogP contribution in [0.3, 0.4) is 0 Å².